The van der Waals surface area contributed by atoms with Crippen molar-refractivity contribution in [1.29, 1.82) is 0 Å². The fraction of sp³-hybridized carbons (Fsp3) is 0.348. The molecule has 7 nitrogen and oxygen atoms in total. The van der Waals surface area contributed by atoms with E-state index in [4.69, 9.17) is 4.74 Å². The van der Waals surface area contributed by atoms with E-state index in [1.54, 1.807) is 63.2 Å². The van der Waals surface area contributed by atoms with E-state index >= 15 is 0 Å². The number of carbonyl (C=O) groups excluding carboxylic acids is 3. The Morgan fingerprint density at radius 1 is 1.03 bits per heavy atom. The third-order valence-corrected chi connectivity index (χ3v) is 5.38. The van der Waals surface area contributed by atoms with Crippen molar-refractivity contribution in [1.82, 2.24) is 4.90 Å². The largest absolute Gasteiger partial charge is 0.444 e. The molecule has 0 aromatic heterocycles. The zero-order valence-electron chi connectivity index (χ0n) is 17.8. The molecule has 1 heterocycles. The summed E-state index contributed by atoms with van der Waals surface area (Å²) in [6, 6.07) is 13.4. The van der Waals surface area contributed by atoms with Gasteiger partial charge in [-0.3, -0.25) is 14.5 Å². The average Bonchev–Trinajstić information content (AvgIpc) is 3.17. The molecule has 2 N–H and O–H groups in total. The van der Waals surface area contributed by atoms with E-state index in [0.717, 1.165) is 6.42 Å². The number of likely N-dealkylation sites (tertiary alicyclic amines) is 1. The molecular weight excluding hydrogens is 462 g/mol. The van der Waals surface area contributed by atoms with Gasteiger partial charge in [0.05, 0.1) is 5.56 Å². The lowest BCUT2D eigenvalue weighted by Crippen LogP contribution is -2.45. The Kier molecular flexibility index (Phi) is 7.00. The highest BCUT2D eigenvalue weighted by molar-refractivity contribution is 9.10. The summed E-state index contributed by atoms with van der Waals surface area (Å²) in [6.07, 6.45) is 0.822. The van der Waals surface area contributed by atoms with Crippen LogP contribution in [0.5, 0.6) is 0 Å². The number of benzene rings is 2. The van der Waals surface area contributed by atoms with Gasteiger partial charge in [0.25, 0.3) is 5.91 Å². The van der Waals surface area contributed by atoms with Crippen molar-refractivity contribution in [2.75, 3.05) is 17.2 Å². The fourth-order valence-electron chi connectivity index (χ4n) is 3.32. The van der Waals surface area contributed by atoms with Crippen molar-refractivity contribution < 1.29 is 19.1 Å². The number of hydrogen-bond acceptors (Lipinski definition) is 4. The van der Waals surface area contributed by atoms with Crippen LogP contribution >= 0.6 is 15.9 Å². The van der Waals surface area contributed by atoms with Crippen LogP contribution in [0.1, 0.15) is 44.0 Å². The summed E-state index contributed by atoms with van der Waals surface area (Å²) in [5.41, 5.74) is 0.969. The Hall–Kier alpha value is -2.87. The molecule has 8 heteroatoms. The first kappa shape index (κ1) is 22.8. The minimum atomic E-state index is -0.624. The lowest BCUT2D eigenvalue weighted by molar-refractivity contribution is -0.120. The molecule has 1 fully saturated rings. The summed E-state index contributed by atoms with van der Waals surface area (Å²) in [6.45, 7) is 5.87. The van der Waals surface area contributed by atoms with Crippen LogP contribution < -0.4 is 10.6 Å². The van der Waals surface area contributed by atoms with Crippen LogP contribution in [0.4, 0.5) is 16.2 Å². The highest BCUT2D eigenvalue weighted by atomic mass is 79.9. The molecule has 1 aliphatic rings. The van der Waals surface area contributed by atoms with Gasteiger partial charge in [-0.2, -0.15) is 0 Å². The number of halogens is 1. The first-order valence-electron chi connectivity index (χ1n) is 10.1. The summed E-state index contributed by atoms with van der Waals surface area (Å²) in [4.78, 5) is 39.3. The summed E-state index contributed by atoms with van der Waals surface area (Å²) in [5, 5.41) is 5.68. The molecule has 0 bridgehead atoms. The highest BCUT2D eigenvalue weighted by Crippen LogP contribution is 2.24. The summed E-state index contributed by atoms with van der Waals surface area (Å²) in [5.74, 6) is -0.541. The van der Waals surface area contributed by atoms with E-state index in [0.29, 0.717) is 34.4 Å². The van der Waals surface area contributed by atoms with E-state index in [1.807, 2.05) is 6.07 Å². The first-order valence-corrected chi connectivity index (χ1v) is 10.9. The van der Waals surface area contributed by atoms with Gasteiger partial charge < -0.3 is 15.4 Å². The zero-order valence-corrected chi connectivity index (χ0v) is 19.4. The smallest absolute Gasteiger partial charge is 0.410 e. The number of amides is 3. The third kappa shape index (κ3) is 6.07. The number of rotatable bonds is 4. The Balaban J connectivity index is 1.66. The second-order valence-corrected chi connectivity index (χ2v) is 9.19. The van der Waals surface area contributed by atoms with Crippen LogP contribution in [0, 0.1) is 0 Å². The SMILES string of the molecule is CC(C)(C)OC(=O)N1CCC[C@@H]1C(=O)Nc1cccc(NC(=O)c2ccccc2Br)c1. The second kappa shape index (κ2) is 9.51. The molecule has 1 atom stereocenters. The van der Waals surface area contributed by atoms with Crippen molar-refractivity contribution in [3.8, 4) is 0 Å². The van der Waals surface area contributed by atoms with Gasteiger partial charge in [-0.25, -0.2) is 4.79 Å². The first-order chi connectivity index (χ1) is 14.6. The van der Waals surface area contributed by atoms with E-state index in [9.17, 15) is 14.4 Å². The normalized spacial score (nSPS) is 16.0. The zero-order chi connectivity index (χ0) is 22.6. The minimum Gasteiger partial charge on any atom is -0.444 e. The van der Waals surface area contributed by atoms with Crippen molar-refractivity contribution in [3.63, 3.8) is 0 Å². The lowest BCUT2D eigenvalue weighted by atomic mass is 10.2. The van der Waals surface area contributed by atoms with Gasteiger partial charge in [-0.1, -0.05) is 18.2 Å². The molecule has 2 aromatic carbocycles. The Bertz CT molecular complexity index is 987. The van der Waals surface area contributed by atoms with Crippen molar-refractivity contribution >= 4 is 45.2 Å². The molecular formula is C23H26BrN3O4. The predicted octanol–water partition coefficient (Wildman–Crippen LogP) is 5.04. The van der Waals surface area contributed by atoms with Crippen LogP contribution in [-0.2, 0) is 9.53 Å². The number of nitrogens with zero attached hydrogens (tertiary/aromatic N) is 1. The summed E-state index contributed by atoms with van der Waals surface area (Å²) >= 11 is 3.37. The van der Waals surface area contributed by atoms with Gasteiger partial charge in [-0.15, -0.1) is 0 Å². The molecule has 0 aliphatic carbocycles. The lowest BCUT2D eigenvalue weighted by Gasteiger charge is -2.28. The van der Waals surface area contributed by atoms with Gasteiger partial charge in [0.15, 0.2) is 0 Å². The fourth-order valence-corrected chi connectivity index (χ4v) is 3.79. The Morgan fingerprint density at radius 3 is 2.39 bits per heavy atom. The number of carbonyl (C=O) groups is 3. The maximum absolute atomic E-state index is 12.8. The van der Waals surface area contributed by atoms with Gasteiger partial charge in [0.1, 0.15) is 11.6 Å². The van der Waals surface area contributed by atoms with E-state index in [-0.39, 0.29) is 11.8 Å². The maximum atomic E-state index is 12.8. The molecule has 1 saturated heterocycles. The Labute approximate surface area is 190 Å². The van der Waals surface area contributed by atoms with Crippen molar-refractivity contribution in [2.45, 2.75) is 45.3 Å². The van der Waals surface area contributed by atoms with E-state index < -0.39 is 17.7 Å². The second-order valence-electron chi connectivity index (χ2n) is 8.34. The van der Waals surface area contributed by atoms with Crippen LogP contribution in [-0.4, -0.2) is 41.0 Å². The van der Waals surface area contributed by atoms with Crippen molar-refractivity contribution in [2.24, 2.45) is 0 Å². The third-order valence-electron chi connectivity index (χ3n) is 4.69. The van der Waals surface area contributed by atoms with Crippen LogP contribution in [0.3, 0.4) is 0 Å². The van der Waals surface area contributed by atoms with E-state index in [2.05, 4.69) is 26.6 Å². The monoisotopic (exact) mass is 487 g/mol. The topological polar surface area (TPSA) is 87.7 Å². The van der Waals surface area contributed by atoms with Crippen LogP contribution in [0.2, 0.25) is 0 Å². The van der Waals surface area contributed by atoms with Gasteiger partial charge >= 0.3 is 6.09 Å². The molecule has 2 aromatic rings. The average molecular weight is 488 g/mol. The molecule has 0 spiro atoms. The minimum absolute atomic E-state index is 0.261. The van der Waals surface area contributed by atoms with Gasteiger partial charge in [0.2, 0.25) is 5.91 Å². The van der Waals surface area contributed by atoms with Crippen molar-refractivity contribution in [3.05, 3.63) is 58.6 Å². The number of hydrogen-bond donors (Lipinski definition) is 2. The molecule has 0 unspecified atom stereocenters. The molecule has 3 amide bonds. The Morgan fingerprint density at radius 2 is 1.71 bits per heavy atom. The van der Waals surface area contributed by atoms with Crippen LogP contribution in [0.15, 0.2) is 53.0 Å². The molecule has 164 valence electrons. The number of anilines is 2. The van der Waals surface area contributed by atoms with Crippen LogP contribution in [0.25, 0.3) is 0 Å². The molecule has 0 saturated carbocycles. The maximum Gasteiger partial charge on any atom is 0.410 e. The molecule has 31 heavy (non-hydrogen) atoms. The molecule has 0 radical (unpaired) electrons. The predicted molar refractivity (Wildman–Crippen MR) is 123 cm³/mol. The van der Waals surface area contributed by atoms with E-state index in [1.165, 1.54) is 4.90 Å². The summed E-state index contributed by atoms with van der Waals surface area (Å²) in [7, 11) is 0. The van der Waals surface area contributed by atoms with Gasteiger partial charge in [-0.05, 0) is 79.9 Å². The summed E-state index contributed by atoms with van der Waals surface area (Å²) < 4.78 is 6.12. The highest BCUT2D eigenvalue weighted by Gasteiger charge is 2.36. The number of ether oxygens (including phenoxy) is 1. The standard InChI is InChI=1S/C23H26BrN3O4/c1-23(2,3)31-22(30)27-13-7-12-19(27)21(29)26-16-9-6-8-15(14-16)25-20(28)17-10-4-5-11-18(17)24/h4-6,8-11,14,19H,7,12-13H2,1-3H3,(H,25,28)(H,26,29)/t19-/m1/s1. The molecule has 3 rings (SSSR count). The number of nitrogens with one attached hydrogen (secondary N) is 2. The molecule has 1 aliphatic heterocycles. The quantitative estimate of drug-likeness (QED) is 0.632. The van der Waals surface area contributed by atoms with Gasteiger partial charge in [0, 0.05) is 22.4 Å².